The Morgan fingerprint density at radius 3 is 2.42 bits per heavy atom. The first-order valence-corrected chi connectivity index (χ1v) is 11.6. The minimum absolute atomic E-state index is 0.177. The van der Waals surface area contributed by atoms with E-state index < -0.39 is 0 Å². The van der Waals surface area contributed by atoms with E-state index >= 15 is 0 Å². The number of nitrogens with zero attached hydrogens (tertiary/aromatic N) is 3. The molecule has 0 N–H and O–H groups in total. The summed E-state index contributed by atoms with van der Waals surface area (Å²) in [5.41, 5.74) is 2.17. The topological polar surface area (TPSA) is 47.4 Å². The molecule has 5 nitrogen and oxygen atoms in total. The van der Waals surface area contributed by atoms with E-state index in [0.717, 1.165) is 67.9 Å². The molecule has 0 unspecified atom stereocenters. The molecule has 1 aliphatic rings. The van der Waals surface area contributed by atoms with Crippen LogP contribution in [0.3, 0.4) is 0 Å². The van der Waals surface area contributed by atoms with Gasteiger partial charge in [0, 0.05) is 25.6 Å². The Kier molecular flexibility index (Phi) is 6.90. The van der Waals surface area contributed by atoms with Crippen molar-refractivity contribution in [2.75, 3.05) is 13.1 Å². The molecule has 3 aromatic rings. The van der Waals surface area contributed by atoms with Gasteiger partial charge in [-0.1, -0.05) is 44.2 Å². The number of benzene rings is 2. The standard InChI is InChI=1S/C26H33N3O2/c1-3-21(4-2)26(30)28-16-14-20(15-17-28)18-29-24-13-9-8-12-23(24)27-25(29)19-31-22-10-6-5-7-11-22/h5-13,20-21H,3-4,14-19H2,1-2H3. The zero-order valence-electron chi connectivity index (χ0n) is 18.7. The Labute approximate surface area is 185 Å². The maximum atomic E-state index is 12.7. The Hall–Kier alpha value is -2.82. The maximum absolute atomic E-state index is 12.7. The summed E-state index contributed by atoms with van der Waals surface area (Å²) in [5, 5.41) is 0. The lowest BCUT2D eigenvalue weighted by molar-refractivity contribution is -0.137. The van der Waals surface area contributed by atoms with Crippen molar-refractivity contribution in [3.8, 4) is 5.75 Å². The summed E-state index contributed by atoms with van der Waals surface area (Å²) in [5.74, 6) is 2.87. The van der Waals surface area contributed by atoms with Gasteiger partial charge < -0.3 is 14.2 Å². The molecule has 0 radical (unpaired) electrons. The molecule has 0 atom stereocenters. The van der Waals surface area contributed by atoms with Crippen LogP contribution in [0.5, 0.6) is 5.75 Å². The molecule has 0 aliphatic carbocycles. The van der Waals surface area contributed by atoms with Crippen molar-refractivity contribution in [3.05, 3.63) is 60.4 Å². The molecule has 2 heterocycles. The molecule has 1 fully saturated rings. The highest BCUT2D eigenvalue weighted by Gasteiger charge is 2.27. The minimum atomic E-state index is 0.177. The summed E-state index contributed by atoms with van der Waals surface area (Å²) in [6.45, 7) is 7.32. The van der Waals surface area contributed by atoms with Crippen LogP contribution in [0, 0.1) is 11.8 Å². The largest absolute Gasteiger partial charge is 0.486 e. The molecule has 1 aliphatic heterocycles. The summed E-state index contributed by atoms with van der Waals surface area (Å²) < 4.78 is 8.34. The van der Waals surface area contributed by atoms with Crippen LogP contribution in [0.4, 0.5) is 0 Å². The number of aromatic nitrogens is 2. The lowest BCUT2D eigenvalue weighted by Crippen LogP contribution is -2.42. The molecule has 2 aromatic carbocycles. The molecule has 0 saturated carbocycles. The Morgan fingerprint density at radius 1 is 1.03 bits per heavy atom. The van der Waals surface area contributed by atoms with Gasteiger partial charge in [0.25, 0.3) is 0 Å². The van der Waals surface area contributed by atoms with E-state index in [1.807, 2.05) is 36.4 Å². The highest BCUT2D eigenvalue weighted by atomic mass is 16.5. The fraction of sp³-hybridized carbons (Fsp3) is 0.462. The van der Waals surface area contributed by atoms with Crippen LogP contribution in [0.15, 0.2) is 54.6 Å². The predicted molar refractivity (Wildman–Crippen MR) is 124 cm³/mol. The molecule has 4 rings (SSSR count). The van der Waals surface area contributed by atoms with Gasteiger partial charge in [0.2, 0.25) is 5.91 Å². The number of amides is 1. The quantitative estimate of drug-likeness (QED) is 0.498. The van der Waals surface area contributed by atoms with Crippen LogP contribution in [-0.2, 0) is 17.9 Å². The van der Waals surface area contributed by atoms with E-state index in [4.69, 9.17) is 9.72 Å². The van der Waals surface area contributed by atoms with Crippen molar-refractivity contribution >= 4 is 16.9 Å². The number of ether oxygens (including phenoxy) is 1. The monoisotopic (exact) mass is 419 g/mol. The highest BCUT2D eigenvalue weighted by molar-refractivity contribution is 5.79. The first-order chi connectivity index (χ1) is 15.2. The number of para-hydroxylation sites is 3. The van der Waals surface area contributed by atoms with Gasteiger partial charge in [0.15, 0.2) is 0 Å². The lowest BCUT2D eigenvalue weighted by Gasteiger charge is -2.34. The molecule has 5 heteroatoms. The average Bonchev–Trinajstić information content (AvgIpc) is 3.17. The molecular formula is C26H33N3O2. The van der Waals surface area contributed by atoms with Crippen molar-refractivity contribution in [2.24, 2.45) is 11.8 Å². The molecular weight excluding hydrogens is 386 g/mol. The third-order valence-electron chi connectivity index (χ3n) is 6.55. The van der Waals surface area contributed by atoms with Crippen LogP contribution in [0.2, 0.25) is 0 Å². The second-order valence-corrected chi connectivity index (χ2v) is 8.51. The van der Waals surface area contributed by atoms with E-state index in [-0.39, 0.29) is 5.92 Å². The summed E-state index contributed by atoms with van der Waals surface area (Å²) in [6.07, 6.45) is 3.94. The number of hydrogen-bond donors (Lipinski definition) is 0. The number of fused-ring (bicyclic) bond motifs is 1. The second-order valence-electron chi connectivity index (χ2n) is 8.51. The van der Waals surface area contributed by atoms with E-state index in [2.05, 4.69) is 41.5 Å². The van der Waals surface area contributed by atoms with Gasteiger partial charge in [-0.2, -0.15) is 0 Å². The van der Waals surface area contributed by atoms with E-state index in [9.17, 15) is 4.79 Å². The first-order valence-electron chi connectivity index (χ1n) is 11.6. The third-order valence-corrected chi connectivity index (χ3v) is 6.55. The van der Waals surface area contributed by atoms with Crippen molar-refractivity contribution in [1.82, 2.24) is 14.5 Å². The van der Waals surface area contributed by atoms with Gasteiger partial charge in [-0.05, 0) is 55.9 Å². The Morgan fingerprint density at radius 2 is 1.71 bits per heavy atom. The van der Waals surface area contributed by atoms with Crippen LogP contribution in [-0.4, -0.2) is 33.4 Å². The maximum Gasteiger partial charge on any atom is 0.225 e. The molecule has 1 saturated heterocycles. The molecule has 1 aromatic heterocycles. The number of rotatable bonds is 8. The van der Waals surface area contributed by atoms with Gasteiger partial charge >= 0.3 is 0 Å². The summed E-state index contributed by atoms with van der Waals surface area (Å²) in [6, 6.07) is 18.2. The summed E-state index contributed by atoms with van der Waals surface area (Å²) >= 11 is 0. The first kappa shape index (κ1) is 21.4. The number of imidazole rings is 1. The lowest BCUT2D eigenvalue weighted by atomic mass is 9.94. The van der Waals surface area contributed by atoms with Crippen LogP contribution in [0.25, 0.3) is 11.0 Å². The fourth-order valence-electron chi connectivity index (χ4n) is 4.59. The van der Waals surface area contributed by atoms with E-state index in [0.29, 0.717) is 18.4 Å². The zero-order valence-corrected chi connectivity index (χ0v) is 18.7. The molecule has 0 spiro atoms. The minimum Gasteiger partial charge on any atom is -0.486 e. The van der Waals surface area contributed by atoms with Crippen LogP contribution in [0.1, 0.15) is 45.4 Å². The van der Waals surface area contributed by atoms with Crippen LogP contribution < -0.4 is 4.74 Å². The van der Waals surface area contributed by atoms with Gasteiger partial charge in [0.05, 0.1) is 11.0 Å². The third kappa shape index (κ3) is 4.92. The molecule has 1 amide bonds. The van der Waals surface area contributed by atoms with Gasteiger partial charge in [-0.15, -0.1) is 0 Å². The smallest absolute Gasteiger partial charge is 0.225 e. The summed E-state index contributed by atoms with van der Waals surface area (Å²) in [7, 11) is 0. The van der Waals surface area contributed by atoms with Gasteiger partial charge in [-0.25, -0.2) is 4.98 Å². The molecule has 164 valence electrons. The highest BCUT2D eigenvalue weighted by Crippen LogP contribution is 2.26. The van der Waals surface area contributed by atoms with Crippen molar-refractivity contribution in [2.45, 2.75) is 52.7 Å². The predicted octanol–water partition coefficient (Wildman–Crippen LogP) is 5.29. The van der Waals surface area contributed by atoms with Crippen molar-refractivity contribution in [3.63, 3.8) is 0 Å². The second kappa shape index (κ2) is 9.99. The number of carbonyl (C=O) groups is 1. The summed E-state index contributed by atoms with van der Waals surface area (Å²) in [4.78, 5) is 19.7. The van der Waals surface area contributed by atoms with Crippen molar-refractivity contribution in [1.29, 1.82) is 0 Å². The Balaban J connectivity index is 1.45. The zero-order chi connectivity index (χ0) is 21.6. The normalized spacial score (nSPS) is 15.0. The number of hydrogen-bond acceptors (Lipinski definition) is 3. The Bertz CT molecular complexity index is 986. The van der Waals surface area contributed by atoms with E-state index in [1.54, 1.807) is 0 Å². The van der Waals surface area contributed by atoms with Crippen LogP contribution >= 0.6 is 0 Å². The average molecular weight is 420 g/mol. The van der Waals surface area contributed by atoms with Gasteiger partial charge in [-0.3, -0.25) is 4.79 Å². The van der Waals surface area contributed by atoms with Gasteiger partial charge in [0.1, 0.15) is 18.2 Å². The number of carbonyl (C=O) groups excluding carboxylic acids is 1. The SMILES string of the molecule is CCC(CC)C(=O)N1CCC(Cn2c(COc3ccccc3)nc3ccccc32)CC1. The fourth-order valence-corrected chi connectivity index (χ4v) is 4.59. The number of piperidine rings is 1. The number of likely N-dealkylation sites (tertiary alicyclic amines) is 1. The van der Waals surface area contributed by atoms with E-state index in [1.165, 1.54) is 0 Å². The molecule has 31 heavy (non-hydrogen) atoms. The van der Waals surface area contributed by atoms with Crippen molar-refractivity contribution < 1.29 is 9.53 Å². The molecule has 0 bridgehead atoms.